The van der Waals surface area contributed by atoms with Gasteiger partial charge in [-0.25, -0.2) is 14.4 Å². The molecule has 0 amide bonds. The Labute approximate surface area is 488 Å². The summed E-state index contributed by atoms with van der Waals surface area (Å²) in [5, 5.41) is 112. The highest BCUT2D eigenvalue weighted by molar-refractivity contribution is 5.90. The number of allylic oxidation sites excluding steroid dienone is 2. The Morgan fingerprint density at radius 1 is 0.631 bits per heavy atom. The number of carbonyl (C=O) groups excluding carboxylic acids is 3. The third-order valence-corrected chi connectivity index (χ3v) is 21.9. The first-order valence-corrected chi connectivity index (χ1v) is 29.5. The Bertz CT molecular complexity index is 2710. The van der Waals surface area contributed by atoms with Crippen molar-refractivity contribution in [2.45, 2.75) is 204 Å². The Morgan fingerprint density at radius 2 is 1.24 bits per heavy atom. The predicted molar refractivity (Wildman–Crippen MR) is 292 cm³/mol. The van der Waals surface area contributed by atoms with Crippen molar-refractivity contribution < 1.29 is 108 Å². The summed E-state index contributed by atoms with van der Waals surface area (Å²) in [5.41, 5.74) is -2.91. The molecule has 3 heterocycles. The highest BCUT2D eigenvalue weighted by Crippen LogP contribution is 2.76. The van der Waals surface area contributed by atoms with Crippen LogP contribution in [0.4, 0.5) is 0 Å². The molecule has 84 heavy (non-hydrogen) atoms. The van der Waals surface area contributed by atoms with Gasteiger partial charge in [-0.15, -0.1) is 0 Å². The van der Waals surface area contributed by atoms with Gasteiger partial charge < -0.3 is 93.7 Å². The molecule has 0 aromatic heterocycles. The van der Waals surface area contributed by atoms with Gasteiger partial charge in [0.05, 0.1) is 55.7 Å². The van der Waals surface area contributed by atoms with Crippen molar-refractivity contribution in [2.75, 3.05) is 26.9 Å². The number of rotatable bonds is 13. The quantitative estimate of drug-likeness (QED) is 0.0594. The normalized spacial score (nSPS) is 45.9. The molecular formula is C62H86O22. The lowest BCUT2D eigenvalue weighted by Crippen LogP contribution is -2.72. The van der Waals surface area contributed by atoms with Crippen LogP contribution in [0.5, 0.6) is 0 Å². The molecule has 8 aliphatic rings. The minimum Gasteiger partial charge on any atom is -0.467 e. The van der Waals surface area contributed by atoms with Gasteiger partial charge in [0.1, 0.15) is 67.1 Å². The van der Waals surface area contributed by atoms with Crippen LogP contribution in [0.3, 0.4) is 0 Å². The molecule has 3 aliphatic heterocycles. The number of hydrogen-bond acceptors (Lipinski definition) is 22. The average molecular weight is 1180 g/mol. The molecule has 4 saturated carbocycles. The first-order valence-electron chi connectivity index (χ1n) is 29.5. The molecule has 1 unspecified atom stereocenters. The third-order valence-electron chi connectivity index (χ3n) is 21.9. The Hall–Kier alpha value is -4.05. The highest BCUT2D eigenvalue weighted by Gasteiger charge is 2.74. The lowest BCUT2D eigenvalue weighted by atomic mass is 9.33. The van der Waals surface area contributed by atoms with Gasteiger partial charge in [0.2, 0.25) is 0 Å². The summed E-state index contributed by atoms with van der Waals surface area (Å²) in [5.74, 6) is -2.90. The van der Waals surface area contributed by atoms with E-state index < -0.39 is 181 Å². The van der Waals surface area contributed by atoms with Crippen molar-refractivity contribution in [3.63, 3.8) is 0 Å². The number of esters is 3. The fourth-order valence-corrected chi connectivity index (χ4v) is 17.1. The summed E-state index contributed by atoms with van der Waals surface area (Å²) >= 11 is 0. The van der Waals surface area contributed by atoms with Crippen LogP contribution < -0.4 is 0 Å². The summed E-state index contributed by atoms with van der Waals surface area (Å²) < 4.78 is 55.2. The number of benzene rings is 2. The molecule has 5 aliphatic carbocycles. The molecule has 3 saturated heterocycles. The minimum absolute atomic E-state index is 0.0232. The molecule has 22 nitrogen and oxygen atoms in total. The number of hydrogen-bond donors (Lipinski definition) is 10. The van der Waals surface area contributed by atoms with E-state index in [1.807, 2.05) is 13.8 Å². The lowest BCUT2D eigenvalue weighted by molar-refractivity contribution is -0.392. The zero-order chi connectivity index (χ0) is 60.8. The summed E-state index contributed by atoms with van der Waals surface area (Å²) in [6, 6.07) is 17.0. The van der Waals surface area contributed by atoms with Gasteiger partial charge in [0.15, 0.2) is 31.1 Å². The zero-order valence-electron chi connectivity index (χ0n) is 48.9. The number of fused-ring (bicyclic) bond motifs is 7. The summed E-state index contributed by atoms with van der Waals surface area (Å²) in [6.45, 7) is 13.1. The van der Waals surface area contributed by atoms with Crippen molar-refractivity contribution >= 4 is 17.9 Å². The van der Waals surface area contributed by atoms with Gasteiger partial charge in [-0.3, -0.25) is 0 Å². The van der Waals surface area contributed by atoms with E-state index in [4.69, 9.17) is 42.6 Å². The fraction of sp³-hybridized carbons (Fsp3) is 0.726. The number of aliphatic hydroxyl groups excluding tert-OH is 10. The average Bonchev–Trinajstić information content (AvgIpc) is 0.717. The third kappa shape index (κ3) is 10.3. The van der Waals surface area contributed by atoms with Gasteiger partial charge in [0.25, 0.3) is 0 Å². The maximum absolute atomic E-state index is 14.3. The van der Waals surface area contributed by atoms with E-state index in [1.54, 1.807) is 60.7 Å². The van der Waals surface area contributed by atoms with Crippen molar-refractivity contribution in [2.24, 2.45) is 50.2 Å². The smallest absolute Gasteiger partial charge is 0.338 e. The molecule has 22 heteroatoms. The lowest BCUT2D eigenvalue weighted by Gasteiger charge is -2.72. The molecule has 0 bridgehead atoms. The summed E-state index contributed by atoms with van der Waals surface area (Å²) in [7, 11) is 1.08. The molecule has 0 spiro atoms. The van der Waals surface area contributed by atoms with Crippen molar-refractivity contribution in [1.29, 1.82) is 0 Å². The molecule has 2 aromatic rings. The Kier molecular flexibility index (Phi) is 17.6. The van der Waals surface area contributed by atoms with Gasteiger partial charge in [-0.05, 0) is 109 Å². The zero-order valence-corrected chi connectivity index (χ0v) is 48.9. The van der Waals surface area contributed by atoms with Crippen LogP contribution in [0.25, 0.3) is 0 Å². The van der Waals surface area contributed by atoms with E-state index >= 15 is 0 Å². The van der Waals surface area contributed by atoms with E-state index in [-0.39, 0.29) is 29.2 Å². The Balaban J connectivity index is 0.970. The van der Waals surface area contributed by atoms with Crippen LogP contribution in [0, 0.1) is 50.2 Å². The molecule has 0 radical (unpaired) electrons. The van der Waals surface area contributed by atoms with Crippen molar-refractivity contribution in [3.05, 3.63) is 83.4 Å². The van der Waals surface area contributed by atoms with E-state index in [1.165, 1.54) is 0 Å². The number of methoxy groups -OCH3 is 1. The molecule has 466 valence electrons. The van der Waals surface area contributed by atoms with Gasteiger partial charge >= 0.3 is 17.9 Å². The van der Waals surface area contributed by atoms with E-state index in [0.717, 1.165) is 12.7 Å². The van der Waals surface area contributed by atoms with E-state index in [2.05, 4.69) is 40.7 Å². The fourth-order valence-electron chi connectivity index (χ4n) is 17.1. The second kappa shape index (κ2) is 23.5. The topological polar surface area (TPSA) is 337 Å². The summed E-state index contributed by atoms with van der Waals surface area (Å²) in [4.78, 5) is 41.8. The predicted octanol–water partition coefficient (Wildman–Crippen LogP) is 2.08. The molecule has 7 fully saturated rings. The Morgan fingerprint density at radius 3 is 1.85 bits per heavy atom. The minimum atomic E-state index is -1.98. The second-order valence-electron chi connectivity index (χ2n) is 27.0. The molecule has 25 atom stereocenters. The SMILES string of the molecule is COC(=O)[C@H]1O[C@@H](O[C@H]2CC[C@]3(C)[C@H]4CC=C5C6CC(C)(C)[C@@H](OC(=O)c7ccccc7)[C@H](OC(=O)c7ccccc7)[C@]6(CO)[C@H](O)C[C@@]5(C)[C@]4(C)CC[C@H]3C2(C)C)[C@H](O[C@@H]2O[C@H](CO)[C@H](O)[C@H](O)[C@H]2O)[C@@H](O[C@@H]2OC[C@@H](O)[C@H](O)[C@H]2O)[C@@H]1O. The molecular weight excluding hydrogens is 1100 g/mol. The first kappa shape index (κ1) is 63.0. The van der Waals surface area contributed by atoms with Crippen LogP contribution in [-0.2, 0) is 47.4 Å². The second-order valence-corrected chi connectivity index (χ2v) is 27.0. The molecule has 2 aromatic carbocycles. The number of aliphatic hydroxyl groups is 10. The largest absolute Gasteiger partial charge is 0.467 e. The van der Waals surface area contributed by atoms with Crippen LogP contribution in [0.1, 0.15) is 114 Å². The number of carbonyl (C=O) groups is 3. The van der Waals surface area contributed by atoms with Crippen LogP contribution in [0.2, 0.25) is 0 Å². The maximum Gasteiger partial charge on any atom is 0.338 e. The number of ether oxygens (including phenoxy) is 9. The van der Waals surface area contributed by atoms with Gasteiger partial charge in [-0.1, -0.05) is 96.5 Å². The molecule has 10 rings (SSSR count). The van der Waals surface area contributed by atoms with Crippen molar-refractivity contribution in [3.8, 4) is 0 Å². The molecule has 10 N–H and O–H groups in total. The van der Waals surface area contributed by atoms with Crippen molar-refractivity contribution in [1.82, 2.24) is 0 Å². The van der Waals surface area contributed by atoms with Gasteiger partial charge in [0, 0.05) is 5.41 Å². The van der Waals surface area contributed by atoms with Crippen LogP contribution >= 0.6 is 0 Å². The first-order chi connectivity index (χ1) is 39.6. The highest BCUT2D eigenvalue weighted by atomic mass is 16.8. The van der Waals surface area contributed by atoms with E-state index in [9.17, 15) is 65.4 Å². The van der Waals surface area contributed by atoms with Gasteiger partial charge in [-0.2, -0.15) is 0 Å². The standard InChI is InChI=1S/C62H86O22/c1-57(2)25-33-32-19-20-37-59(5)23-22-39(79-56-48(82-55-44(71)42(69)41(68)35(27-63)78-55)46(45(72)47(81-56)53(75)76-8)80-54-43(70)40(67)34(65)28-77-54)58(3,4)36(59)21-24-60(37,6)61(32,7)26-38(66)62(33,29-64)50(84-52(74)31-17-13-10-14-18-31)49(57)83-51(73)30-15-11-9-12-16-30/h9-19,33-50,54-56,63-72H,20-29H2,1-8H3/t33?,34-,35-,36+,37-,38-,39+,40+,41+,42+,43-,44-,45+,46+,47+,48-,49+,50+,54+,55+,56-,59+,60-,61-,62+/m1/s1. The summed E-state index contributed by atoms with van der Waals surface area (Å²) in [6.07, 6.45) is -23.2. The monoisotopic (exact) mass is 1180 g/mol. The van der Waals surface area contributed by atoms with Crippen LogP contribution in [0.15, 0.2) is 72.3 Å². The van der Waals surface area contributed by atoms with E-state index in [0.29, 0.717) is 44.1 Å². The maximum atomic E-state index is 14.3. The van der Waals surface area contributed by atoms with Crippen LogP contribution in [-0.4, -0.2) is 206 Å².